The normalized spacial score (nSPS) is 20.8. The van der Waals surface area contributed by atoms with Crippen molar-refractivity contribution in [2.45, 2.75) is 51.6 Å². The number of nitrogens with one attached hydrogen (secondary N) is 1. The third-order valence-corrected chi connectivity index (χ3v) is 5.36. The van der Waals surface area contributed by atoms with Gasteiger partial charge in [0.15, 0.2) is 5.96 Å². The molecule has 1 saturated carbocycles. The van der Waals surface area contributed by atoms with E-state index >= 15 is 0 Å². The van der Waals surface area contributed by atoms with Crippen molar-refractivity contribution >= 4 is 5.96 Å². The average Bonchev–Trinajstić information content (AvgIpc) is 3.41. The van der Waals surface area contributed by atoms with Crippen LogP contribution in [0.3, 0.4) is 0 Å². The molecule has 25 heavy (non-hydrogen) atoms. The van der Waals surface area contributed by atoms with Gasteiger partial charge in [-0.3, -0.25) is 4.99 Å². The number of hydrogen-bond acceptors (Lipinski definition) is 4. The quantitative estimate of drug-likeness (QED) is 0.350. The Morgan fingerprint density at radius 3 is 2.56 bits per heavy atom. The first-order valence-electron chi connectivity index (χ1n) is 9.87. The van der Waals surface area contributed by atoms with E-state index in [1.165, 1.54) is 12.8 Å². The second-order valence-electron chi connectivity index (χ2n) is 7.25. The molecular weight excluding hydrogens is 318 g/mol. The summed E-state index contributed by atoms with van der Waals surface area (Å²) in [5, 5.41) is 3.61. The van der Waals surface area contributed by atoms with Gasteiger partial charge in [-0.05, 0) is 50.9 Å². The van der Waals surface area contributed by atoms with E-state index in [1.54, 1.807) is 7.11 Å². The molecule has 0 aromatic carbocycles. The molecule has 1 N–H and O–H groups in total. The van der Waals surface area contributed by atoms with Crippen LogP contribution in [0.5, 0.6) is 0 Å². The maximum atomic E-state index is 5.95. The summed E-state index contributed by atoms with van der Waals surface area (Å²) < 4.78 is 16.5. The lowest BCUT2D eigenvalue weighted by molar-refractivity contribution is 0.00985. The number of nitrogens with zero attached hydrogens (tertiary/aromatic N) is 2. The van der Waals surface area contributed by atoms with E-state index in [1.807, 2.05) is 7.05 Å². The third kappa shape index (κ3) is 7.12. The van der Waals surface area contributed by atoms with Crippen LogP contribution in [0, 0.1) is 5.41 Å². The lowest BCUT2D eigenvalue weighted by Gasteiger charge is -2.34. The van der Waals surface area contributed by atoms with Crippen LogP contribution in [0.25, 0.3) is 0 Å². The zero-order valence-electron chi connectivity index (χ0n) is 16.4. The molecule has 0 radical (unpaired) electrons. The Balaban J connectivity index is 1.65. The van der Waals surface area contributed by atoms with Crippen LogP contribution >= 0.6 is 0 Å². The summed E-state index contributed by atoms with van der Waals surface area (Å²) in [6.07, 6.45) is 7.27. The topological polar surface area (TPSA) is 55.3 Å². The molecule has 1 aliphatic heterocycles. The predicted octanol–water partition coefficient (Wildman–Crippen LogP) is 2.29. The van der Waals surface area contributed by atoms with Gasteiger partial charge in [-0.2, -0.15) is 0 Å². The van der Waals surface area contributed by atoms with Crippen LogP contribution < -0.4 is 5.32 Å². The molecule has 0 spiro atoms. The molecule has 2 rings (SSSR count). The van der Waals surface area contributed by atoms with Crippen molar-refractivity contribution in [1.82, 2.24) is 10.2 Å². The van der Waals surface area contributed by atoms with Crippen LogP contribution in [0.1, 0.15) is 45.4 Å². The summed E-state index contributed by atoms with van der Waals surface area (Å²) >= 11 is 0. The molecule has 0 aromatic heterocycles. The summed E-state index contributed by atoms with van der Waals surface area (Å²) in [4.78, 5) is 6.86. The molecule has 1 heterocycles. The molecule has 0 unspecified atom stereocenters. The maximum absolute atomic E-state index is 5.95. The summed E-state index contributed by atoms with van der Waals surface area (Å²) in [5.41, 5.74) is 0.438. The van der Waals surface area contributed by atoms with E-state index in [9.17, 15) is 0 Å². The van der Waals surface area contributed by atoms with Gasteiger partial charge in [-0.1, -0.05) is 0 Å². The van der Waals surface area contributed by atoms with E-state index in [2.05, 4.69) is 22.1 Å². The highest BCUT2D eigenvalue weighted by Gasteiger charge is 2.42. The minimum atomic E-state index is 0.382. The standard InChI is InChI=1S/C19H37N3O3/c1-4-24-15-10-19(8-9-19)16-21-18(20-2)22-11-6-17(7-12-22)25-14-5-13-23-3/h17H,4-16H2,1-3H3,(H,20,21). The van der Waals surface area contributed by atoms with E-state index in [0.717, 1.165) is 77.7 Å². The van der Waals surface area contributed by atoms with Gasteiger partial charge in [0.05, 0.1) is 6.10 Å². The SMILES string of the molecule is CCOCCC1(CNC(=NC)N2CCC(OCCCOC)CC2)CC1. The molecule has 0 aromatic rings. The van der Waals surface area contributed by atoms with Gasteiger partial charge in [-0.25, -0.2) is 0 Å². The van der Waals surface area contributed by atoms with E-state index in [4.69, 9.17) is 14.2 Å². The van der Waals surface area contributed by atoms with Crippen molar-refractivity contribution in [3.63, 3.8) is 0 Å². The van der Waals surface area contributed by atoms with Crippen LogP contribution in [-0.2, 0) is 14.2 Å². The molecule has 0 atom stereocenters. The van der Waals surface area contributed by atoms with E-state index in [0.29, 0.717) is 11.5 Å². The predicted molar refractivity (Wildman–Crippen MR) is 101 cm³/mol. The molecule has 6 heteroatoms. The smallest absolute Gasteiger partial charge is 0.193 e. The summed E-state index contributed by atoms with van der Waals surface area (Å²) in [5.74, 6) is 1.04. The molecule has 0 amide bonds. The Morgan fingerprint density at radius 2 is 1.96 bits per heavy atom. The first kappa shape index (κ1) is 20.5. The fourth-order valence-electron chi connectivity index (χ4n) is 3.41. The number of methoxy groups -OCH3 is 1. The monoisotopic (exact) mass is 355 g/mol. The van der Waals surface area contributed by atoms with Crippen molar-refractivity contribution in [2.75, 3.05) is 60.2 Å². The Labute approximate surface area is 153 Å². The number of likely N-dealkylation sites (tertiary alicyclic amines) is 1. The zero-order valence-corrected chi connectivity index (χ0v) is 16.4. The fourth-order valence-corrected chi connectivity index (χ4v) is 3.41. The number of guanidine groups is 1. The molecule has 146 valence electrons. The summed E-state index contributed by atoms with van der Waals surface area (Å²) in [7, 11) is 3.62. The number of ether oxygens (including phenoxy) is 3. The summed E-state index contributed by atoms with van der Waals surface area (Å²) in [6.45, 7) is 8.37. The first-order valence-corrected chi connectivity index (χ1v) is 9.87. The minimum Gasteiger partial charge on any atom is -0.385 e. The van der Waals surface area contributed by atoms with Crippen LogP contribution in [0.15, 0.2) is 4.99 Å². The lowest BCUT2D eigenvalue weighted by Crippen LogP contribution is -2.48. The Morgan fingerprint density at radius 1 is 1.20 bits per heavy atom. The zero-order chi connectivity index (χ0) is 18.0. The highest BCUT2D eigenvalue weighted by Crippen LogP contribution is 2.48. The van der Waals surface area contributed by atoms with Crippen molar-refractivity contribution in [2.24, 2.45) is 10.4 Å². The fraction of sp³-hybridized carbons (Fsp3) is 0.947. The lowest BCUT2D eigenvalue weighted by atomic mass is 10.0. The van der Waals surface area contributed by atoms with Crippen LogP contribution in [-0.4, -0.2) is 77.2 Å². The number of hydrogen-bond donors (Lipinski definition) is 1. The van der Waals surface area contributed by atoms with Crippen molar-refractivity contribution in [3.8, 4) is 0 Å². The van der Waals surface area contributed by atoms with Gasteiger partial charge in [-0.15, -0.1) is 0 Å². The van der Waals surface area contributed by atoms with Crippen molar-refractivity contribution in [1.29, 1.82) is 0 Å². The average molecular weight is 356 g/mol. The second kappa shape index (κ2) is 11.0. The molecule has 1 aliphatic carbocycles. The largest absolute Gasteiger partial charge is 0.385 e. The van der Waals surface area contributed by atoms with Crippen molar-refractivity contribution in [3.05, 3.63) is 0 Å². The van der Waals surface area contributed by atoms with Crippen LogP contribution in [0.2, 0.25) is 0 Å². The number of aliphatic imine (C=N–C) groups is 1. The first-order chi connectivity index (χ1) is 12.2. The third-order valence-electron chi connectivity index (χ3n) is 5.36. The van der Waals surface area contributed by atoms with Gasteiger partial charge >= 0.3 is 0 Å². The summed E-state index contributed by atoms with van der Waals surface area (Å²) in [6, 6.07) is 0. The molecule has 2 aliphatic rings. The maximum Gasteiger partial charge on any atom is 0.193 e. The second-order valence-corrected chi connectivity index (χ2v) is 7.25. The Hall–Kier alpha value is -0.850. The van der Waals surface area contributed by atoms with Gasteiger partial charge in [0.2, 0.25) is 0 Å². The minimum absolute atomic E-state index is 0.382. The van der Waals surface area contributed by atoms with Gasteiger partial charge in [0, 0.05) is 60.2 Å². The van der Waals surface area contributed by atoms with Crippen molar-refractivity contribution < 1.29 is 14.2 Å². The molecule has 6 nitrogen and oxygen atoms in total. The van der Waals surface area contributed by atoms with Gasteiger partial charge in [0.25, 0.3) is 0 Å². The van der Waals surface area contributed by atoms with Gasteiger partial charge < -0.3 is 24.4 Å². The Kier molecular flexibility index (Phi) is 8.99. The van der Waals surface area contributed by atoms with E-state index < -0.39 is 0 Å². The molecule has 1 saturated heterocycles. The molecule has 2 fully saturated rings. The highest BCUT2D eigenvalue weighted by atomic mass is 16.5. The molecular formula is C19H37N3O3. The van der Waals surface area contributed by atoms with Crippen LogP contribution in [0.4, 0.5) is 0 Å². The molecule has 0 bridgehead atoms. The van der Waals surface area contributed by atoms with E-state index in [-0.39, 0.29) is 0 Å². The Bertz CT molecular complexity index is 391. The number of piperidine rings is 1. The number of rotatable bonds is 11. The highest BCUT2D eigenvalue weighted by molar-refractivity contribution is 5.80. The van der Waals surface area contributed by atoms with Gasteiger partial charge in [0.1, 0.15) is 0 Å².